The van der Waals surface area contributed by atoms with Crippen LogP contribution in [0, 0.1) is 17.9 Å². The molecule has 7 aromatic carbocycles. The Balaban J connectivity index is 1.27. The van der Waals surface area contributed by atoms with Crippen molar-refractivity contribution >= 4 is 89.5 Å². The number of pyridine rings is 2. The lowest BCUT2D eigenvalue weighted by molar-refractivity contribution is 1.13. The summed E-state index contributed by atoms with van der Waals surface area (Å²) < 4.78 is 4.51. The van der Waals surface area contributed by atoms with Crippen LogP contribution in [0.5, 0.6) is 0 Å². The molecule has 0 unspecified atom stereocenters. The van der Waals surface area contributed by atoms with E-state index >= 15 is 0 Å². The Bertz CT molecular complexity index is 3690. The van der Waals surface area contributed by atoms with Gasteiger partial charge in [0, 0.05) is 74.4 Å². The van der Waals surface area contributed by atoms with E-state index in [1.165, 1.54) is 0 Å². The molecule has 0 saturated heterocycles. The van der Waals surface area contributed by atoms with Crippen LogP contribution >= 0.6 is 0 Å². The topological polar surface area (TPSA) is 67.0 Å². The smallest absolute Gasteiger partial charge is 0.250 e. The number of hydrogen-bond acceptors (Lipinski definition) is 4. The number of nitriles is 1. The average Bonchev–Trinajstić information content (AvgIpc) is 3.85. The van der Waals surface area contributed by atoms with Gasteiger partial charge in [0.05, 0.1) is 45.7 Å². The van der Waals surface area contributed by atoms with Crippen molar-refractivity contribution in [3.8, 4) is 39.7 Å². The SMILES string of the molecule is [C-]#[N+]c1c(-n2c3cc(-c4cccnc4)ccc3c3ccc(-c4cccnc4)cc32)c(C#N)c2c3c1-n1c4ccccc4c4cccc(c41)B3c1ccccc1N2c1ccccc1. The minimum absolute atomic E-state index is 0.245. The second kappa shape index (κ2) is 12.9. The number of hydrogen-bond donors (Lipinski definition) is 0. The summed E-state index contributed by atoms with van der Waals surface area (Å²) in [4.78, 5) is 15.7. The van der Waals surface area contributed by atoms with Gasteiger partial charge in [0.25, 0.3) is 6.71 Å². The van der Waals surface area contributed by atoms with Crippen LogP contribution in [-0.4, -0.2) is 25.8 Å². The first-order valence-electron chi connectivity index (χ1n) is 20.6. The fraction of sp³-hybridized carbons (Fsp3) is 0. The molecule has 0 fully saturated rings. The third kappa shape index (κ3) is 4.53. The summed E-state index contributed by atoms with van der Waals surface area (Å²) in [5.41, 5.74) is 15.9. The molecule has 2 aliphatic rings. The Labute approximate surface area is 356 Å². The zero-order valence-corrected chi connectivity index (χ0v) is 33.0. The van der Waals surface area contributed by atoms with Crippen LogP contribution in [-0.2, 0) is 0 Å². The fourth-order valence-electron chi connectivity index (χ4n) is 10.5. The molecule has 0 spiro atoms. The highest BCUT2D eigenvalue weighted by Crippen LogP contribution is 2.50. The van der Waals surface area contributed by atoms with Crippen LogP contribution < -0.4 is 21.3 Å². The molecule has 0 amide bonds. The van der Waals surface area contributed by atoms with Gasteiger partial charge in [-0.1, -0.05) is 109 Å². The molecule has 7 nitrogen and oxygen atoms in total. The van der Waals surface area contributed by atoms with Crippen LogP contribution in [0.4, 0.5) is 22.7 Å². The molecule has 62 heavy (non-hydrogen) atoms. The highest BCUT2D eigenvalue weighted by molar-refractivity contribution is 7.00. The Kier molecular flexibility index (Phi) is 7.11. The molecule has 4 aromatic heterocycles. The molecule has 0 aliphatic carbocycles. The van der Waals surface area contributed by atoms with Gasteiger partial charge in [0.1, 0.15) is 6.07 Å². The first kappa shape index (κ1) is 34.2. The Morgan fingerprint density at radius 3 is 1.84 bits per heavy atom. The van der Waals surface area contributed by atoms with Gasteiger partial charge < -0.3 is 14.0 Å². The van der Waals surface area contributed by atoms with Crippen molar-refractivity contribution in [3.63, 3.8) is 0 Å². The van der Waals surface area contributed by atoms with E-state index in [9.17, 15) is 11.8 Å². The molecule has 284 valence electrons. The van der Waals surface area contributed by atoms with E-state index in [4.69, 9.17) is 0 Å². The van der Waals surface area contributed by atoms with E-state index in [1.54, 1.807) is 12.4 Å². The lowest BCUT2D eigenvalue weighted by Crippen LogP contribution is -2.60. The monoisotopic (exact) mass is 787 g/mol. The van der Waals surface area contributed by atoms with Gasteiger partial charge in [-0.25, -0.2) is 4.85 Å². The van der Waals surface area contributed by atoms with Crippen LogP contribution in [0.15, 0.2) is 183 Å². The molecule has 0 bridgehead atoms. The van der Waals surface area contributed by atoms with Gasteiger partial charge in [-0.15, -0.1) is 0 Å². The number of anilines is 3. The number of benzene rings is 7. The Hall–Kier alpha value is -8.72. The van der Waals surface area contributed by atoms with Crippen LogP contribution in [0.25, 0.3) is 82.1 Å². The largest absolute Gasteiger partial charge is 0.320 e. The molecule has 0 N–H and O–H groups in total. The molecular weight excluding hydrogens is 757 g/mol. The van der Waals surface area contributed by atoms with Crippen molar-refractivity contribution in [1.29, 1.82) is 5.26 Å². The zero-order valence-electron chi connectivity index (χ0n) is 33.0. The number of aromatic nitrogens is 4. The number of fused-ring (bicyclic) bond motifs is 10. The van der Waals surface area contributed by atoms with E-state index in [1.807, 2.05) is 42.7 Å². The van der Waals surface area contributed by atoms with E-state index in [-0.39, 0.29) is 6.71 Å². The normalized spacial score (nSPS) is 12.4. The van der Waals surface area contributed by atoms with Crippen molar-refractivity contribution in [3.05, 3.63) is 199 Å². The first-order chi connectivity index (χ1) is 30.7. The van der Waals surface area contributed by atoms with E-state index < -0.39 is 0 Å². The highest BCUT2D eigenvalue weighted by Gasteiger charge is 2.45. The quantitative estimate of drug-likeness (QED) is 0.132. The molecule has 8 heteroatoms. The maximum atomic E-state index is 11.9. The summed E-state index contributed by atoms with van der Waals surface area (Å²) in [6, 6.07) is 57.7. The summed E-state index contributed by atoms with van der Waals surface area (Å²) in [5, 5.41) is 16.2. The summed E-state index contributed by atoms with van der Waals surface area (Å²) in [6.45, 7) is 9.09. The van der Waals surface area contributed by atoms with E-state index in [0.29, 0.717) is 16.9 Å². The predicted molar refractivity (Wildman–Crippen MR) is 252 cm³/mol. The van der Waals surface area contributed by atoms with Crippen LogP contribution in [0.2, 0.25) is 0 Å². The fourth-order valence-corrected chi connectivity index (χ4v) is 10.5. The van der Waals surface area contributed by atoms with Gasteiger partial charge >= 0.3 is 0 Å². The van der Waals surface area contributed by atoms with E-state index in [0.717, 1.165) is 105 Å². The van der Waals surface area contributed by atoms with Crippen molar-refractivity contribution in [2.24, 2.45) is 0 Å². The minimum Gasteiger partial charge on any atom is -0.320 e. The summed E-state index contributed by atoms with van der Waals surface area (Å²) >= 11 is 0. The summed E-state index contributed by atoms with van der Waals surface area (Å²) in [5.74, 6) is 0. The van der Waals surface area contributed by atoms with Crippen LogP contribution in [0.3, 0.4) is 0 Å². The standard InChI is InChI=1S/C54H30BN7/c1-57-50-53(61-47-28-33(35-12-10-26-58-31-35)22-24-39(47)40-25-23-34(29-48(40)61)36-13-11-27-59-32-36)42(30-56)52-49-54(50)62-45-20-7-5-16-38(45)41-17-9-19-44(51(41)62)55(49)43-18-6-8-21-46(43)60(52)37-14-3-2-4-15-37/h2-29,31-32H. The predicted octanol–water partition coefficient (Wildman–Crippen LogP) is 11.0. The second-order valence-electron chi connectivity index (χ2n) is 15.9. The third-order valence-electron chi connectivity index (χ3n) is 12.9. The maximum Gasteiger partial charge on any atom is 0.250 e. The van der Waals surface area contributed by atoms with Crippen molar-refractivity contribution in [2.75, 3.05) is 4.90 Å². The lowest BCUT2D eigenvalue weighted by Gasteiger charge is -2.42. The molecule has 13 rings (SSSR count). The third-order valence-corrected chi connectivity index (χ3v) is 12.9. The lowest BCUT2D eigenvalue weighted by atomic mass is 9.33. The molecule has 2 aliphatic heterocycles. The molecule has 11 aromatic rings. The van der Waals surface area contributed by atoms with Gasteiger partial charge in [-0.2, -0.15) is 5.26 Å². The van der Waals surface area contributed by atoms with Crippen molar-refractivity contribution in [2.45, 2.75) is 0 Å². The number of nitrogens with zero attached hydrogens (tertiary/aromatic N) is 7. The number of para-hydroxylation sites is 4. The summed E-state index contributed by atoms with van der Waals surface area (Å²) in [7, 11) is 0. The average molecular weight is 788 g/mol. The number of rotatable bonds is 4. The summed E-state index contributed by atoms with van der Waals surface area (Å²) in [6.07, 6.45) is 7.31. The van der Waals surface area contributed by atoms with Gasteiger partial charge in [0.15, 0.2) is 0 Å². The Morgan fingerprint density at radius 2 is 1.16 bits per heavy atom. The molecule has 0 radical (unpaired) electrons. The minimum atomic E-state index is -0.245. The maximum absolute atomic E-state index is 11.9. The van der Waals surface area contributed by atoms with Crippen molar-refractivity contribution < 1.29 is 0 Å². The molecular formula is C54H30BN7. The second-order valence-corrected chi connectivity index (χ2v) is 15.9. The zero-order chi connectivity index (χ0) is 41.1. The van der Waals surface area contributed by atoms with Crippen LogP contribution in [0.1, 0.15) is 5.56 Å². The van der Waals surface area contributed by atoms with Gasteiger partial charge in [-0.3, -0.25) is 9.97 Å². The van der Waals surface area contributed by atoms with E-state index in [2.05, 4.69) is 162 Å². The Morgan fingerprint density at radius 1 is 0.532 bits per heavy atom. The van der Waals surface area contributed by atoms with Gasteiger partial charge in [-0.05, 0) is 76.0 Å². The molecule has 6 heterocycles. The molecule has 0 saturated carbocycles. The first-order valence-corrected chi connectivity index (χ1v) is 20.6. The highest BCUT2D eigenvalue weighted by atomic mass is 15.2. The van der Waals surface area contributed by atoms with Gasteiger partial charge in [0.2, 0.25) is 5.69 Å². The molecule has 0 atom stereocenters. The van der Waals surface area contributed by atoms with Crippen molar-refractivity contribution in [1.82, 2.24) is 19.1 Å².